The highest BCUT2D eigenvalue weighted by Gasteiger charge is 2.30. The number of oxazole rings is 1. The van der Waals surface area contributed by atoms with Crippen LogP contribution in [0.5, 0.6) is 0 Å². The van der Waals surface area contributed by atoms with Crippen molar-refractivity contribution in [2.24, 2.45) is 0 Å². The molecule has 8 nitrogen and oxygen atoms in total. The topological polar surface area (TPSA) is 98.6 Å². The summed E-state index contributed by atoms with van der Waals surface area (Å²) in [6, 6.07) is 10.6. The number of hydrogen-bond donors (Lipinski definition) is 2. The molecule has 2 heterocycles. The maximum atomic E-state index is 12.7. The van der Waals surface area contributed by atoms with Crippen LogP contribution in [0.25, 0.3) is 11.1 Å². The first-order chi connectivity index (χ1) is 14.3. The van der Waals surface area contributed by atoms with Crippen molar-refractivity contribution >= 4 is 45.9 Å². The Morgan fingerprint density at radius 3 is 2.73 bits per heavy atom. The number of halogens is 1. The highest BCUT2D eigenvalue weighted by molar-refractivity contribution is 6.39. The van der Waals surface area contributed by atoms with Gasteiger partial charge in [-0.25, -0.2) is 4.79 Å². The SMILES string of the molecule is Cc1cc(N2CCN(C(=O)C(=O)Nc3ccc4[nH]c(=O)oc4c3)C[C@H]2C)ccc1Cl. The van der Waals surface area contributed by atoms with E-state index in [9.17, 15) is 14.4 Å². The van der Waals surface area contributed by atoms with E-state index in [2.05, 4.69) is 15.2 Å². The molecule has 0 spiro atoms. The van der Waals surface area contributed by atoms with Crippen LogP contribution < -0.4 is 16.0 Å². The number of H-pyrrole nitrogens is 1. The van der Waals surface area contributed by atoms with Crippen molar-refractivity contribution < 1.29 is 14.0 Å². The van der Waals surface area contributed by atoms with E-state index >= 15 is 0 Å². The first-order valence-corrected chi connectivity index (χ1v) is 9.95. The van der Waals surface area contributed by atoms with Crippen molar-refractivity contribution in [3.8, 4) is 0 Å². The summed E-state index contributed by atoms with van der Waals surface area (Å²) in [5, 5.41) is 3.29. The van der Waals surface area contributed by atoms with Gasteiger partial charge >= 0.3 is 17.6 Å². The van der Waals surface area contributed by atoms with Crippen molar-refractivity contribution in [3.63, 3.8) is 0 Å². The maximum Gasteiger partial charge on any atom is 0.417 e. The summed E-state index contributed by atoms with van der Waals surface area (Å²) in [6.07, 6.45) is 0. The Morgan fingerprint density at radius 1 is 1.20 bits per heavy atom. The van der Waals surface area contributed by atoms with Crippen LogP contribution in [0.1, 0.15) is 12.5 Å². The Morgan fingerprint density at radius 2 is 2.00 bits per heavy atom. The molecule has 0 saturated carbocycles. The van der Waals surface area contributed by atoms with Crippen LogP contribution in [0.2, 0.25) is 5.02 Å². The van der Waals surface area contributed by atoms with Crippen molar-refractivity contribution in [2.75, 3.05) is 29.9 Å². The molecule has 1 aliphatic heterocycles. The van der Waals surface area contributed by atoms with Gasteiger partial charge in [0.25, 0.3) is 0 Å². The largest absolute Gasteiger partial charge is 0.417 e. The Kier molecular flexibility index (Phi) is 5.26. The molecule has 2 N–H and O–H groups in total. The normalized spacial score (nSPS) is 16.7. The quantitative estimate of drug-likeness (QED) is 0.611. The van der Waals surface area contributed by atoms with Gasteiger partial charge in [0.1, 0.15) is 0 Å². The van der Waals surface area contributed by atoms with Gasteiger partial charge in [0.2, 0.25) is 0 Å². The molecule has 30 heavy (non-hydrogen) atoms. The minimum absolute atomic E-state index is 0.0431. The zero-order valence-corrected chi connectivity index (χ0v) is 17.3. The number of nitrogens with zero attached hydrogens (tertiary/aromatic N) is 2. The third kappa shape index (κ3) is 3.91. The number of nitrogens with one attached hydrogen (secondary N) is 2. The number of benzene rings is 2. The number of carbonyl (C=O) groups excluding carboxylic acids is 2. The molecule has 3 aromatic rings. The number of piperazine rings is 1. The number of anilines is 2. The first-order valence-electron chi connectivity index (χ1n) is 9.58. The van der Waals surface area contributed by atoms with Crippen molar-refractivity contribution in [1.29, 1.82) is 0 Å². The third-order valence-corrected chi connectivity index (χ3v) is 5.69. The highest BCUT2D eigenvalue weighted by Crippen LogP contribution is 2.26. The average Bonchev–Trinajstić information content (AvgIpc) is 3.08. The minimum Gasteiger partial charge on any atom is -0.408 e. The van der Waals surface area contributed by atoms with Gasteiger partial charge in [-0.3, -0.25) is 14.6 Å². The van der Waals surface area contributed by atoms with Gasteiger partial charge in [-0.05, 0) is 49.7 Å². The Bertz CT molecular complexity index is 1190. The number of carbonyl (C=O) groups is 2. The molecule has 0 bridgehead atoms. The summed E-state index contributed by atoms with van der Waals surface area (Å²) in [5.41, 5.74) is 3.25. The summed E-state index contributed by atoms with van der Waals surface area (Å²) in [5.74, 6) is -1.90. The standard InChI is InChI=1S/C21H21ClN4O4/c1-12-9-15(4-5-16(12)22)26-8-7-25(11-13(26)2)20(28)19(27)23-14-3-6-17-18(10-14)30-21(29)24-17/h3-6,9-10,13H,7-8,11H2,1-2H3,(H,23,27)(H,24,29)/t13-/m1/s1. The summed E-state index contributed by atoms with van der Waals surface area (Å²) < 4.78 is 4.98. The van der Waals surface area contributed by atoms with Gasteiger partial charge in [0, 0.05) is 48.1 Å². The summed E-state index contributed by atoms with van der Waals surface area (Å²) in [4.78, 5) is 42.6. The number of aryl methyl sites for hydroxylation is 1. The Hall–Kier alpha value is -3.26. The van der Waals surface area contributed by atoms with E-state index in [1.165, 1.54) is 6.07 Å². The summed E-state index contributed by atoms with van der Waals surface area (Å²) in [7, 11) is 0. The van der Waals surface area contributed by atoms with Crippen LogP contribution in [0.3, 0.4) is 0 Å². The first kappa shape index (κ1) is 20.0. The lowest BCUT2D eigenvalue weighted by molar-refractivity contribution is -0.143. The molecule has 2 aromatic carbocycles. The van der Waals surface area contributed by atoms with Crippen LogP contribution in [0.4, 0.5) is 11.4 Å². The molecule has 0 aliphatic carbocycles. The third-order valence-electron chi connectivity index (χ3n) is 5.26. The van der Waals surface area contributed by atoms with Gasteiger partial charge in [0.15, 0.2) is 5.58 Å². The van der Waals surface area contributed by atoms with Gasteiger partial charge < -0.3 is 19.5 Å². The van der Waals surface area contributed by atoms with E-state index in [-0.39, 0.29) is 6.04 Å². The Labute approximate surface area is 177 Å². The van der Waals surface area contributed by atoms with E-state index in [4.69, 9.17) is 16.0 Å². The highest BCUT2D eigenvalue weighted by atomic mass is 35.5. The minimum atomic E-state index is -0.727. The van der Waals surface area contributed by atoms with E-state index in [0.717, 1.165) is 11.3 Å². The number of fused-ring (bicyclic) bond motifs is 1. The molecule has 1 aliphatic rings. The van der Waals surface area contributed by atoms with Gasteiger partial charge in [-0.1, -0.05) is 11.6 Å². The fraction of sp³-hybridized carbons (Fsp3) is 0.286. The lowest BCUT2D eigenvalue weighted by atomic mass is 10.1. The predicted octanol–water partition coefficient (Wildman–Crippen LogP) is 2.76. The molecule has 1 aromatic heterocycles. The lowest BCUT2D eigenvalue weighted by Crippen LogP contribution is -2.55. The van der Waals surface area contributed by atoms with Crippen molar-refractivity contribution in [1.82, 2.24) is 9.88 Å². The molecule has 4 rings (SSSR count). The number of rotatable bonds is 2. The van der Waals surface area contributed by atoms with E-state index in [1.807, 2.05) is 32.0 Å². The second-order valence-electron chi connectivity index (χ2n) is 7.41. The zero-order chi connectivity index (χ0) is 21.4. The van der Waals surface area contributed by atoms with Crippen molar-refractivity contribution in [2.45, 2.75) is 19.9 Å². The smallest absolute Gasteiger partial charge is 0.408 e. The number of hydrogen-bond acceptors (Lipinski definition) is 5. The lowest BCUT2D eigenvalue weighted by Gasteiger charge is -2.41. The molecule has 9 heteroatoms. The predicted molar refractivity (Wildman–Crippen MR) is 115 cm³/mol. The molecule has 1 atom stereocenters. The van der Waals surface area contributed by atoms with Gasteiger partial charge in [-0.2, -0.15) is 0 Å². The molecule has 0 unspecified atom stereocenters. The molecule has 1 fully saturated rings. The van der Waals surface area contributed by atoms with Crippen LogP contribution in [-0.4, -0.2) is 47.4 Å². The number of aromatic nitrogens is 1. The molecule has 0 radical (unpaired) electrons. The van der Waals surface area contributed by atoms with E-state index in [0.29, 0.717) is 41.4 Å². The van der Waals surface area contributed by atoms with E-state index in [1.54, 1.807) is 17.0 Å². The van der Waals surface area contributed by atoms with Crippen LogP contribution in [0.15, 0.2) is 45.6 Å². The van der Waals surface area contributed by atoms with Crippen LogP contribution in [0, 0.1) is 6.92 Å². The monoisotopic (exact) mass is 428 g/mol. The van der Waals surface area contributed by atoms with Gasteiger partial charge in [-0.15, -0.1) is 0 Å². The van der Waals surface area contributed by atoms with Gasteiger partial charge in [0.05, 0.1) is 5.52 Å². The molecule has 2 amide bonds. The summed E-state index contributed by atoms with van der Waals surface area (Å²) >= 11 is 6.12. The van der Waals surface area contributed by atoms with E-state index < -0.39 is 17.6 Å². The summed E-state index contributed by atoms with van der Waals surface area (Å²) in [6.45, 7) is 5.45. The molecule has 1 saturated heterocycles. The molecular weight excluding hydrogens is 408 g/mol. The fourth-order valence-corrected chi connectivity index (χ4v) is 3.80. The van der Waals surface area contributed by atoms with Crippen LogP contribution in [-0.2, 0) is 9.59 Å². The second kappa shape index (κ2) is 7.87. The zero-order valence-electron chi connectivity index (χ0n) is 16.6. The van der Waals surface area contributed by atoms with Crippen molar-refractivity contribution in [3.05, 3.63) is 57.5 Å². The molecule has 156 valence electrons. The average molecular weight is 429 g/mol. The number of amides is 2. The second-order valence-corrected chi connectivity index (χ2v) is 7.81. The van der Waals surface area contributed by atoms with Crippen LogP contribution >= 0.6 is 11.6 Å². The molecular formula is C21H21ClN4O4. The number of aromatic amines is 1. The Balaban J connectivity index is 1.41. The fourth-order valence-electron chi connectivity index (χ4n) is 3.68. The maximum absolute atomic E-state index is 12.7.